The highest BCUT2D eigenvalue weighted by atomic mass is 32.1. The van der Waals surface area contributed by atoms with Crippen LogP contribution in [0.5, 0.6) is 17.2 Å². The molecule has 2 aromatic rings. The number of anilines is 1. The van der Waals surface area contributed by atoms with E-state index in [9.17, 15) is 4.79 Å². The number of benzene rings is 1. The van der Waals surface area contributed by atoms with Gasteiger partial charge in [-0.2, -0.15) is 0 Å². The van der Waals surface area contributed by atoms with Crippen molar-refractivity contribution in [1.29, 1.82) is 0 Å². The summed E-state index contributed by atoms with van der Waals surface area (Å²) in [5.74, 6) is 1.71. The number of thiophene rings is 1. The lowest BCUT2D eigenvalue weighted by Crippen LogP contribution is -2.43. The van der Waals surface area contributed by atoms with E-state index in [1.165, 1.54) is 10.4 Å². The van der Waals surface area contributed by atoms with E-state index in [1.807, 2.05) is 11.8 Å². The van der Waals surface area contributed by atoms with Crippen molar-refractivity contribution in [1.82, 2.24) is 4.90 Å². The van der Waals surface area contributed by atoms with Gasteiger partial charge in [-0.3, -0.25) is 4.79 Å². The van der Waals surface area contributed by atoms with Gasteiger partial charge in [0.1, 0.15) is 6.04 Å². The second kappa shape index (κ2) is 7.86. The van der Waals surface area contributed by atoms with Crippen LogP contribution < -0.4 is 19.5 Å². The third kappa shape index (κ3) is 3.58. The van der Waals surface area contributed by atoms with Gasteiger partial charge < -0.3 is 24.4 Å². The minimum absolute atomic E-state index is 0.0793. The van der Waals surface area contributed by atoms with Crippen molar-refractivity contribution < 1.29 is 19.0 Å². The van der Waals surface area contributed by atoms with Gasteiger partial charge in [0.15, 0.2) is 11.5 Å². The molecule has 1 aromatic carbocycles. The molecule has 1 atom stereocenters. The highest BCUT2D eigenvalue weighted by Gasteiger charge is 2.25. The van der Waals surface area contributed by atoms with E-state index < -0.39 is 0 Å². The van der Waals surface area contributed by atoms with Gasteiger partial charge in [-0.05, 0) is 30.4 Å². The number of nitrogens with zero attached hydrogens (tertiary/aromatic N) is 1. The molecule has 0 fully saturated rings. The van der Waals surface area contributed by atoms with Crippen LogP contribution in [0.15, 0.2) is 23.6 Å². The molecule has 0 saturated heterocycles. The molecule has 7 heteroatoms. The third-order valence-corrected chi connectivity index (χ3v) is 5.56. The number of fused-ring (bicyclic) bond motifs is 1. The summed E-state index contributed by atoms with van der Waals surface area (Å²) in [7, 11) is 4.71. The monoisotopic (exact) mass is 376 g/mol. The Balaban J connectivity index is 1.73. The molecule has 26 heavy (non-hydrogen) atoms. The molecule has 1 amide bonds. The van der Waals surface area contributed by atoms with Crippen LogP contribution in [0, 0.1) is 0 Å². The fourth-order valence-electron chi connectivity index (χ4n) is 3.19. The fraction of sp³-hybridized carbons (Fsp3) is 0.421. The highest BCUT2D eigenvalue weighted by Crippen LogP contribution is 2.40. The molecule has 1 unspecified atom stereocenters. The normalized spacial score (nSPS) is 14.4. The maximum atomic E-state index is 12.8. The summed E-state index contributed by atoms with van der Waals surface area (Å²) in [4.78, 5) is 16.1. The summed E-state index contributed by atoms with van der Waals surface area (Å²) >= 11 is 1.77. The van der Waals surface area contributed by atoms with Crippen LogP contribution in [0.2, 0.25) is 0 Å². The first-order valence-corrected chi connectivity index (χ1v) is 9.36. The second-order valence-electron chi connectivity index (χ2n) is 6.16. The maximum absolute atomic E-state index is 12.8. The average Bonchev–Trinajstić information content (AvgIpc) is 3.14. The van der Waals surface area contributed by atoms with Crippen molar-refractivity contribution in [2.45, 2.75) is 25.9 Å². The zero-order chi connectivity index (χ0) is 18.7. The number of ether oxygens (including phenoxy) is 3. The van der Waals surface area contributed by atoms with E-state index >= 15 is 0 Å². The number of amides is 1. The molecule has 2 heterocycles. The Morgan fingerprint density at radius 3 is 2.50 bits per heavy atom. The first kappa shape index (κ1) is 18.4. The zero-order valence-corrected chi connectivity index (χ0v) is 16.3. The van der Waals surface area contributed by atoms with Crippen LogP contribution >= 0.6 is 11.3 Å². The van der Waals surface area contributed by atoms with E-state index in [1.54, 1.807) is 44.8 Å². The quantitative estimate of drug-likeness (QED) is 0.839. The molecule has 3 rings (SSSR count). The summed E-state index contributed by atoms with van der Waals surface area (Å²) in [6.45, 7) is 3.31. The standard InChI is InChI=1S/C19H24N2O4S/c1-12(19(22)21-7-5-17-13(11-21)6-8-26-17)20-14-9-15(23-2)18(25-4)16(10-14)24-3/h6,8-10,12,20H,5,7,11H2,1-4H3. The number of nitrogens with one attached hydrogen (secondary N) is 1. The molecule has 1 N–H and O–H groups in total. The molecule has 6 nitrogen and oxygen atoms in total. The van der Waals surface area contributed by atoms with Gasteiger partial charge in [0, 0.05) is 35.8 Å². The van der Waals surface area contributed by atoms with Gasteiger partial charge in [0.05, 0.1) is 21.3 Å². The summed E-state index contributed by atoms with van der Waals surface area (Å²) in [6, 6.07) is 5.35. The molecule has 1 aromatic heterocycles. The van der Waals surface area contributed by atoms with E-state index in [2.05, 4.69) is 16.8 Å². The second-order valence-corrected chi connectivity index (χ2v) is 7.16. The van der Waals surface area contributed by atoms with Crippen molar-refractivity contribution in [3.05, 3.63) is 34.0 Å². The van der Waals surface area contributed by atoms with E-state index in [0.717, 1.165) is 18.7 Å². The predicted octanol–water partition coefficient (Wildman–Crippen LogP) is 3.16. The Bertz CT molecular complexity index is 765. The van der Waals surface area contributed by atoms with Crippen LogP contribution in [0.25, 0.3) is 0 Å². The Hall–Kier alpha value is -2.41. The molecule has 0 bridgehead atoms. The number of rotatable bonds is 6. The lowest BCUT2D eigenvalue weighted by atomic mass is 10.1. The number of methoxy groups -OCH3 is 3. The maximum Gasteiger partial charge on any atom is 0.245 e. The van der Waals surface area contributed by atoms with Crippen LogP contribution in [0.1, 0.15) is 17.4 Å². The molecule has 140 valence electrons. The molecular formula is C19H24N2O4S. The third-order valence-electron chi connectivity index (χ3n) is 4.54. The Morgan fingerprint density at radius 1 is 1.19 bits per heavy atom. The predicted molar refractivity (Wildman–Crippen MR) is 103 cm³/mol. The van der Waals surface area contributed by atoms with Crippen molar-refractivity contribution in [3.8, 4) is 17.2 Å². The van der Waals surface area contributed by atoms with Gasteiger partial charge in [-0.15, -0.1) is 11.3 Å². The number of carbonyl (C=O) groups is 1. The van der Waals surface area contributed by atoms with Gasteiger partial charge in [0.2, 0.25) is 11.7 Å². The van der Waals surface area contributed by atoms with Crippen molar-refractivity contribution in [3.63, 3.8) is 0 Å². The molecule has 0 saturated carbocycles. The van der Waals surface area contributed by atoms with Crippen molar-refractivity contribution in [2.24, 2.45) is 0 Å². The van der Waals surface area contributed by atoms with Crippen LogP contribution in [-0.4, -0.2) is 44.7 Å². The van der Waals surface area contributed by atoms with Crippen LogP contribution in [-0.2, 0) is 17.8 Å². The first-order valence-electron chi connectivity index (χ1n) is 8.48. The smallest absolute Gasteiger partial charge is 0.245 e. The Labute approximate surface area is 157 Å². The Morgan fingerprint density at radius 2 is 1.88 bits per heavy atom. The highest BCUT2D eigenvalue weighted by molar-refractivity contribution is 7.10. The van der Waals surface area contributed by atoms with E-state index in [4.69, 9.17) is 14.2 Å². The Kier molecular flexibility index (Phi) is 5.56. The van der Waals surface area contributed by atoms with E-state index in [-0.39, 0.29) is 11.9 Å². The number of carbonyl (C=O) groups excluding carboxylic acids is 1. The number of hydrogen-bond acceptors (Lipinski definition) is 6. The molecular weight excluding hydrogens is 352 g/mol. The fourth-order valence-corrected chi connectivity index (χ4v) is 4.08. The van der Waals surface area contributed by atoms with Gasteiger partial charge in [-0.1, -0.05) is 0 Å². The minimum atomic E-state index is -0.363. The summed E-state index contributed by atoms with van der Waals surface area (Å²) in [6.07, 6.45) is 0.926. The van der Waals surface area contributed by atoms with Gasteiger partial charge in [-0.25, -0.2) is 0 Å². The van der Waals surface area contributed by atoms with Crippen LogP contribution in [0.4, 0.5) is 5.69 Å². The topological polar surface area (TPSA) is 60.0 Å². The molecule has 1 aliphatic rings. The first-order chi connectivity index (χ1) is 12.6. The minimum Gasteiger partial charge on any atom is -0.493 e. The zero-order valence-electron chi connectivity index (χ0n) is 15.5. The number of hydrogen-bond donors (Lipinski definition) is 1. The molecule has 0 spiro atoms. The van der Waals surface area contributed by atoms with Gasteiger partial charge >= 0.3 is 0 Å². The van der Waals surface area contributed by atoms with Gasteiger partial charge in [0.25, 0.3) is 0 Å². The largest absolute Gasteiger partial charge is 0.493 e. The summed E-state index contributed by atoms with van der Waals surface area (Å²) in [5.41, 5.74) is 2.00. The summed E-state index contributed by atoms with van der Waals surface area (Å²) in [5, 5.41) is 5.35. The molecule has 0 radical (unpaired) electrons. The SMILES string of the molecule is COc1cc(NC(C)C(=O)N2CCc3sccc3C2)cc(OC)c1OC. The lowest BCUT2D eigenvalue weighted by molar-refractivity contribution is -0.132. The average molecular weight is 376 g/mol. The van der Waals surface area contributed by atoms with E-state index in [0.29, 0.717) is 23.8 Å². The molecule has 0 aliphatic carbocycles. The van der Waals surface area contributed by atoms with Crippen molar-refractivity contribution >= 4 is 22.9 Å². The molecule has 1 aliphatic heterocycles. The summed E-state index contributed by atoms with van der Waals surface area (Å²) < 4.78 is 16.1. The lowest BCUT2D eigenvalue weighted by Gasteiger charge is -2.30. The van der Waals surface area contributed by atoms with Crippen molar-refractivity contribution in [2.75, 3.05) is 33.2 Å². The van der Waals surface area contributed by atoms with Crippen LogP contribution in [0.3, 0.4) is 0 Å².